The molecule has 0 aliphatic heterocycles. The van der Waals surface area contributed by atoms with E-state index in [0.717, 1.165) is 6.07 Å². The summed E-state index contributed by atoms with van der Waals surface area (Å²) in [5.41, 5.74) is -1.30. The number of carbonyl (C=O) groups is 1. The maximum absolute atomic E-state index is 13.0. The highest BCUT2D eigenvalue weighted by atomic mass is 19.4. The van der Waals surface area contributed by atoms with Crippen LogP contribution in [0.25, 0.3) is 0 Å². The normalized spacial score (nSPS) is 12.1. The highest BCUT2D eigenvalue weighted by Crippen LogP contribution is 2.35. The number of carbonyl (C=O) groups excluding carboxylic acids is 1. The van der Waals surface area contributed by atoms with Crippen LogP contribution in [0.15, 0.2) is 18.2 Å². The van der Waals surface area contributed by atoms with Crippen LogP contribution in [0.1, 0.15) is 49.5 Å². The Morgan fingerprint density at radius 1 is 1.19 bits per heavy atom. The van der Waals surface area contributed by atoms with E-state index in [9.17, 15) is 18.0 Å². The van der Waals surface area contributed by atoms with Gasteiger partial charge in [0.05, 0.1) is 5.56 Å². The summed E-state index contributed by atoms with van der Waals surface area (Å²) in [6.45, 7) is 5.72. The maximum Gasteiger partial charge on any atom is 0.418 e. The van der Waals surface area contributed by atoms with Gasteiger partial charge in [0, 0.05) is 23.8 Å². The summed E-state index contributed by atoms with van der Waals surface area (Å²) in [4.78, 5) is 12.2. The Morgan fingerprint density at radius 3 is 2.19 bits per heavy atom. The summed E-state index contributed by atoms with van der Waals surface area (Å²) >= 11 is 0. The van der Waals surface area contributed by atoms with E-state index in [1.807, 2.05) is 20.8 Å². The van der Waals surface area contributed by atoms with E-state index in [1.165, 1.54) is 19.2 Å². The number of alkyl halides is 3. The molecule has 3 nitrogen and oxygen atoms in total. The second-order valence-electron chi connectivity index (χ2n) is 5.23. The lowest BCUT2D eigenvalue weighted by Crippen LogP contribution is -2.45. The van der Waals surface area contributed by atoms with Gasteiger partial charge in [-0.1, -0.05) is 13.8 Å². The van der Waals surface area contributed by atoms with Gasteiger partial charge in [-0.3, -0.25) is 4.79 Å². The zero-order valence-corrected chi connectivity index (χ0v) is 12.7. The number of hydrogen-bond acceptors (Lipinski definition) is 2. The molecule has 1 rings (SSSR count). The molecule has 6 heteroatoms. The van der Waals surface area contributed by atoms with Crippen LogP contribution in [-0.2, 0) is 6.18 Å². The van der Waals surface area contributed by atoms with Gasteiger partial charge in [-0.2, -0.15) is 13.2 Å². The number of amides is 1. The summed E-state index contributed by atoms with van der Waals surface area (Å²) in [7, 11) is 1.41. The van der Waals surface area contributed by atoms with Crippen molar-refractivity contribution in [1.82, 2.24) is 5.32 Å². The molecule has 0 aliphatic rings. The standard InChI is InChI=1S/C15H21F3N2O/c1-5-14(3,6-2)20-13(21)10-7-8-12(19-4)11(9-10)15(16,17)18/h7-9,19H,5-6H2,1-4H3,(H,20,21). The molecule has 2 N–H and O–H groups in total. The molecule has 0 spiro atoms. The summed E-state index contributed by atoms with van der Waals surface area (Å²) in [5.74, 6) is -0.491. The topological polar surface area (TPSA) is 41.1 Å². The van der Waals surface area contributed by atoms with Crippen LogP contribution < -0.4 is 10.6 Å². The van der Waals surface area contributed by atoms with Gasteiger partial charge < -0.3 is 10.6 Å². The molecule has 0 atom stereocenters. The second-order valence-corrected chi connectivity index (χ2v) is 5.23. The Morgan fingerprint density at radius 2 is 1.76 bits per heavy atom. The van der Waals surface area contributed by atoms with Crippen molar-refractivity contribution in [3.05, 3.63) is 29.3 Å². The predicted octanol–water partition coefficient (Wildman–Crippen LogP) is 4.06. The number of hydrogen-bond donors (Lipinski definition) is 2. The molecule has 1 aromatic rings. The highest BCUT2D eigenvalue weighted by Gasteiger charge is 2.34. The molecule has 0 unspecified atom stereocenters. The van der Waals surface area contributed by atoms with Crippen molar-refractivity contribution >= 4 is 11.6 Å². The van der Waals surface area contributed by atoms with Gasteiger partial charge in [0.2, 0.25) is 0 Å². The van der Waals surface area contributed by atoms with E-state index < -0.39 is 23.2 Å². The molecule has 0 radical (unpaired) electrons. The molecule has 0 aromatic heterocycles. The minimum Gasteiger partial charge on any atom is -0.388 e. The fourth-order valence-electron chi connectivity index (χ4n) is 1.91. The lowest BCUT2D eigenvalue weighted by Gasteiger charge is -2.28. The number of halogens is 3. The molecule has 0 fully saturated rings. The Bertz CT molecular complexity index is 508. The predicted molar refractivity (Wildman–Crippen MR) is 77.4 cm³/mol. The molecule has 0 heterocycles. The van der Waals surface area contributed by atoms with Gasteiger partial charge in [-0.25, -0.2) is 0 Å². The van der Waals surface area contributed by atoms with E-state index >= 15 is 0 Å². The number of rotatable bonds is 5. The van der Waals surface area contributed by atoms with E-state index in [-0.39, 0.29) is 11.3 Å². The quantitative estimate of drug-likeness (QED) is 0.861. The summed E-state index contributed by atoms with van der Waals surface area (Å²) < 4.78 is 38.9. The molecular formula is C15H21F3N2O. The van der Waals surface area contributed by atoms with Gasteiger partial charge in [-0.15, -0.1) is 0 Å². The Labute approximate surface area is 122 Å². The average Bonchev–Trinajstić information content (AvgIpc) is 2.45. The van der Waals surface area contributed by atoms with Crippen LogP contribution in [0.5, 0.6) is 0 Å². The Hall–Kier alpha value is -1.72. The Balaban J connectivity index is 3.12. The zero-order chi connectivity index (χ0) is 16.3. The van der Waals surface area contributed by atoms with Crippen molar-refractivity contribution in [1.29, 1.82) is 0 Å². The van der Waals surface area contributed by atoms with Crippen LogP contribution in [0, 0.1) is 0 Å². The fraction of sp³-hybridized carbons (Fsp3) is 0.533. The summed E-state index contributed by atoms with van der Waals surface area (Å²) in [6, 6.07) is 3.54. The third kappa shape index (κ3) is 4.12. The summed E-state index contributed by atoms with van der Waals surface area (Å²) in [5, 5.41) is 5.29. The number of benzene rings is 1. The first-order valence-electron chi connectivity index (χ1n) is 6.88. The van der Waals surface area contributed by atoms with Crippen molar-refractivity contribution in [3.63, 3.8) is 0 Å². The highest BCUT2D eigenvalue weighted by molar-refractivity contribution is 5.95. The third-order valence-corrected chi connectivity index (χ3v) is 3.83. The van der Waals surface area contributed by atoms with Gasteiger partial charge >= 0.3 is 6.18 Å². The minimum absolute atomic E-state index is 0.00875. The van der Waals surface area contributed by atoms with Gasteiger partial charge in [0.25, 0.3) is 5.91 Å². The second kappa shape index (κ2) is 6.37. The molecule has 0 saturated heterocycles. The van der Waals surface area contributed by atoms with E-state index in [1.54, 1.807) is 0 Å². The van der Waals surface area contributed by atoms with Crippen LogP contribution in [0.3, 0.4) is 0 Å². The number of anilines is 1. The molecule has 1 aromatic carbocycles. The molecule has 0 bridgehead atoms. The lowest BCUT2D eigenvalue weighted by atomic mass is 9.95. The maximum atomic E-state index is 13.0. The first kappa shape index (κ1) is 17.3. The van der Waals surface area contributed by atoms with Crippen LogP contribution >= 0.6 is 0 Å². The monoisotopic (exact) mass is 302 g/mol. The van der Waals surface area contributed by atoms with Gasteiger partial charge in [0.15, 0.2) is 0 Å². The molecule has 21 heavy (non-hydrogen) atoms. The van der Waals surface area contributed by atoms with E-state index in [0.29, 0.717) is 12.8 Å². The number of nitrogens with one attached hydrogen (secondary N) is 2. The Kier molecular flexibility index (Phi) is 5.25. The zero-order valence-electron chi connectivity index (χ0n) is 12.7. The van der Waals surface area contributed by atoms with Crippen LogP contribution in [0.4, 0.5) is 18.9 Å². The molecule has 1 amide bonds. The lowest BCUT2D eigenvalue weighted by molar-refractivity contribution is -0.136. The first-order valence-corrected chi connectivity index (χ1v) is 6.88. The molecular weight excluding hydrogens is 281 g/mol. The minimum atomic E-state index is -4.51. The smallest absolute Gasteiger partial charge is 0.388 e. The van der Waals surface area contributed by atoms with Crippen molar-refractivity contribution in [3.8, 4) is 0 Å². The molecule has 118 valence electrons. The van der Waals surface area contributed by atoms with Crippen molar-refractivity contribution < 1.29 is 18.0 Å². The van der Waals surface area contributed by atoms with Crippen LogP contribution in [-0.4, -0.2) is 18.5 Å². The average molecular weight is 302 g/mol. The van der Waals surface area contributed by atoms with Crippen molar-refractivity contribution in [2.45, 2.75) is 45.3 Å². The third-order valence-electron chi connectivity index (χ3n) is 3.83. The largest absolute Gasteiger partial charge is 0.418 e. The molecule has 0 aliphatic carbocycles. The van der Waals surface area contributed by atoms with E-state index in [4.69, 9.17) is 0 Å². The van der Waals surface area contributed by atoms with Crippen molar-refractivity contribution in [2.24, 2.45) is 0 Å². The molecule has 0 saturated carbocycles. The first-order chi connectivity index (χ1) is 9.66. The van der Waals surface area contributed by atoms with E-state index in [2.05, 4.69) is 10.6 Å². The fourth-order valence-corrected chi connectivity index (χ4v) is 1.91. The van der Waals surface area contributed by atoms with Crippen molar-refractivity contribution in [2.75, 3.05) is 12.4 Å². The van der Waals surface area contributed by atoms with Crippen LogP contribution in [0.2, 0.25) is 0 Å². The summed E-state index contributed by atoms with van der Waals surface area (Å²) in [6.07, 6.45) is -3.10. The van der Waals surface area contributed by atoms with Gasteiger partial charge in [0.1, 0.15) is 0 Å². The van der Waals surface area contributed by atoms with Gasteiger partial charge in [-0.05, 0) is 38.0 Å². The SMILES string of the molecule is CCC(C)(CC)NC(=O)c1ccc(NC)c(C(F)(F)F)c1.